The number of nitrogens with two attached hydrogens (primary N) is 1. The zero-order valence-corrected chi connectivity index (χ0v) is 16.2. The van der Waals surface area contributed by atoms with Gasteiger partial charge < -0.3 is 11.1 Å². The molecule has 1 aromatic heterocycles. The van der Waals surface area contributed by atoms with Crippen LogP contribution in [0.25, 0.3) is 0 Å². The molecule has 0 saturated heterocycles. The number of aromatic nitrogens is 2. The largest absolute Gasteiger partial charge is 0.383 e. The van der Waals surface area contributed by atoms with Crippen molar-refractivity contribution in [1.82, 2.24) is 15.3 Å². The Morgan fingerprint density at radius 3 is 2.54 bits per heavy atom. The summed E-state index contributed by atoms with van der Waals surface area (Å²) in [6, 6.07) is 4.55. The van der Waals surface area contributed by atoms with Gasteiger partial charge in [-0.25, -0.2) is 9.97 Å². The summed E-state index contributed by atoms with van der Waals surface area (Å²) in [7, 11) is 0. The number of fused-ring (bicyclic) bond motifs is 2. The summed E-state index contributed by atoms with van der Waals surface area (Å²) in [5, 5.41) is 7.46. The molecule has 1 spiro atoms. The summed E-state index contributed by atoms with van der Waals surface area (Å²) in [6.07, 6.45) is 7.87. The summed E-state index contributed by atoms with van der Waals surface area (Å²) in [4.78, 5) is 8.43. The first-order valence-corrected chi connectivity index (χ1v) is 9.61. The van der Waals surface area contributed by atoms with Crippen LogP contribution in [-0.2, 0) is 11.1 Å². The quantitative estimate of drug-likeness (QED) is 0.747. The van der Waals surface area contributed by atoms with E-state index in [0.717, 1.165) is 17.1 Å². The molecule has 138 valence electrons. The summed E-state index contributed by atoms with van der Waals surface area (Å²) in [5.41, 5.74) is 12.3. The van der Waals surface area contributed by atoms with Crippen molar-refractivity contribution in [1.29, 1.82) is 0 Å². The van der Waals surface area contributed by atoms with Crippen LogP contribution in [0.2, 0.25) is 0 Å². The molecule has 1 aliphatic carbocycles. The lowest BCUT2D eigenvalue weighted by atomic mass is 9.76. The third kappa shape index (κ3) is 2.65. The first-order chi connectivity index (χ1) is 12.3. The average molecular weight is 351 g/mol. The lowest BCUT2D eigenvalue weighted by Crippen LogP contribution is -2.45. The Morgan fingerprint density at radius 1 is 1.08 bits per heavy atom. The Morgan fingerprint density at radius 2 is 1.81 bits per heavy atom. The number of hydrogen-bond donors (Lipinski definition) is 3. The number of nitrogen functional groups attached to an aromatic ring is 1. The minimum absolute atomic E-state index is 0.00451. The van der Waals surface area contributed by atoms with Gasteiger partial charge in [0, 0.05) is 22.3 Å². The summed E-state index contributed by atoms with van der Waals surface area (Å²) >= 11 is 0. The number of aryl methyl sites for hydroxylation is 1. The van der Waals surface area contributed by atoms with Crippen molar-refractivity contribution in [3.05, 3.63) is 40.7 Å². The van der Waals surface area contributed by atoms with Crippen molar-refractivity contribution < 1.29 is 0 Å². The van der Waals surface area contributed by atoms with Gasteiger partial charge in [-0.1, -0.05) is 19.3 Å². The number of hydrogen-bond acceptors (Lipinski definition) is 5. The second kappa shape index (κ2) is 5.95. The second-order valence-electron chi connectivity index (χ2n) is 8.47. The molecule has 5 nitrogen and oxygen atoms in total. The van der Waals surface area contributed by atoms with Crippen molar-refractivity contribution in [3.8, 4) is 0 Å². The predicted molar refractivity (Wildman–Crippen MR) is 107 cm³/mol. The maximum atomic E-state index is 5.94. The van der Waals surface area contributed by atoms with Gasteiger partial charge in [0.15, 0.2) is 0 Å². The standard InChI is InChI=1S/C21H29N5/c1-13-10-15(25-19-14(2)18(22)23-12-24-19)11-16-17(13)20(3,4)26-21(16)8-6-5-7-9-21/h10-12,26H,5-9H2,1-4H3,(H3,22,23,24,25). The fourth-order valence-corrected chi connectivity index (χ4v) is 5.07. The molecule has 26 heavy (non-hydrogen) atoms. The SMILES string of the molecule is Cc1cc(Nc2ncnc(N)c2C)cc2c1C(C)(C)NC21CCCCC1. The second-order valence-corrected chi connectivity index (χ2v) is 8.47. The molecule has 0 amide bonds. The molecule has 1 aromatic carbocycles. The highest BCUT2D eigenvalue weighted by atomic mass is 15.1. The van der Waals surface area contributed by atoms with Gasteiger partial charge in [-0.05, 0) is 69.4 Å². The molecule has 1 saturated carbocycles. The summed E-state index contributed by atoms with van der Waals surface area (Å²) < 4.78 is 0. The molecule has 2 aromatic rings. The zero-order valence-electron chi connectivity index (χ0n) is 16.2. The monoisotopic (exact) mass is 351 g/mol. The van der Waals surface area contributed by atoms with E-state index in [-0.39, 0.29) is 11.1 Å². The van der Waals surface area contributed by atoms with Gasteiger partial charge in [0.1, 0.15) is 18.0 Å². The van der Waals surface area contributed by atoms with E-state index in [1.165, 1.54) is 55.1 Å². The van der Waals surface area contributed by atoms with Crippen LogP contribution in [0.5, 0.6) is 0 Å². The van der Waals surface area contributed by atoms with Crippen molar-refractivity contribution in [2.45, 2.75) is 70.9 Å². The number of nitrogens with one attached hydrogen (secondary N) is 2. The lowest BCUT2D eigenvalue weighted by molar-refractivity contribution is 0.205. The van der Waals surface area contributed by atoms with Crippen molar-refractivity contribution in [3.63, 3.8) is 0 Å². The van der Waals surface area contributed by atoms with Crippen LogP contribution in [0.15, 0.2) is 18.5 Å². The fourth-order valence-electron chi connectivity index (χ4n) is 5.07. The highest BCUT2D eigenvalue weighted by Crippen LogP contribution is 2.50. The molecule has 5 heteroatoms. The van der Waals surface area contributed by atoms with Gasteiger partial charge >= 0.3 is 0 Å². The van der Waals surface area contributed by atoms with E-state index in [9.17, 15) is 0 Å². The summed E-state index contributed by atoms with van der Waals surface area (Å²) in [6.45, 7) is 8.79. The van der Waals surface area contributed by atoms with E-state index >= 15 is 0 Å². The molecule has 1 fully saturated rings. The Bertz CT molecular complexity index is 850. The maximum absolute atomic E-state index is 5.94. The molecular formula is C21H29N5. The highest BCUT2D eigenvalue weighted by molar-refractivity contribution is 5.67. The van der Waals surface area contributed by atoms with Gasteiger partial charge in [0.25, 0.3) is 0 Å². The van der Waals surface area contributed by atoms with E-state index in [1.54, 1.807) is 0 Å². The minimum atomic E-state index is 0.00451. The van der Waals surface area contributed by atoms with Crippen LogP contribution in [0.1, 0.15) is 68.2 Å². The van der Waals surface area contributed by atoms with E-state index in [1.807, 2.05) is 6.92 Å². The normalized spacial score (nSPS) is 20.2. The Labute approximate surface area is 155 Å². The zero-order chi connectivity index (χ0) is 18.5. The molecule has 2 aliphatic rings. The van der Waals surface area contributed by atoms with Gasteiger partial charge in [0.05, 0.1) is 0 Å². The van der Waals surface area contributed by atoms with Crippen LogP contribution in [0.4, 0.5) is 17.3 Å². The van der Waals surface area contributed by atoms with Crippen molar-refractivity contribution in [2.24, 2.45) is 0 Å². The highest BCUT2D eigenvalue weighted by Gasteiger charge is 2.48. The smallest absolute Gasteiger partial charge is 0.138 e. The van der Waals surface area contributed by atoms with Gasteiger partial charge in [-0.3, -0.25) is 5.32 Å². The Balaban J connectivity index is 1.79. The van der Waals surface area contributed by atoms with Crippen molar-refractivity contribution in [2.75, 3.05) is 11.1 Å². The van der Waals surface area contributed by atoms with Crippen molar-refractivity contribution >= 4 is 17.3 Å². The first kappa shape index (κ1) is 17.3. The van der Waals surface area contributed by atoms with Crippen LogP contribution in [-0.4, -0.2) is 9.97 Å². The van der Waals surface area contributed by atoms with Crippen LogP contribution in [0, 0.1) is 13.8 Å². The molecule has 0 unspecified atom stereocenters. The summed E-state index contributed by atoms with van der Waals surface area (Å²) in [5.74, 6) is 1.30. The Hall–Kier alpha value is -2.14. The third-order valence-electron chi connectivity index (χ3n) is 6.12. The molecular weight excluding hydrogens is 322 g/mol. The van der Waals surface area contributed by atoms with Gasteiger partial charge in [0.2, 0.25) is 0 Å². The molecule has 1 aliphatic heterocycles. The van der Waals surface area contributed by atoms with E-state index in [2.05, 4.69) is 53.5 Å². The van der Waals surface area contributed by atoms with E-state index in [0.29, 0.717) is 5.82 Å². The maximum Gasteiger partial charge on any atom is 0.138 e. The van der Waals surface area contributed by atoms with Crippen LogP contribution in [0.3, 0.4) is 0 Å². The Kier molecular flexibility index (Phi) is 3.95. The van der Waals surface area contributed by atoms with E-state index < -0.39 is 0 Å². The minimum Gasteiger partial charge on any atom is -0.383 e. The van der Waals surface area contributed by atoms with Gasteiger partial charge in [-0.2, -0.15) is 0 Å². The molecule has 0 atom stereocenters. The molecule has 0 bridgehead atoms. The predicted octanol–water partition coefficient (Wildman–Crippen LogP) is 4.42. The van der Waals surface area contributed by atoms with Crippen LogP contribution >= 0.6 is 0 Å². The molecule has 4 N–H and O–H groups in total. The number of nitrogens with zero attached hydrogens (tertiary/aromatic N) is 2. The molecule has 0 radical (unpaired) electrons. The number of benzene rings is 1. The van der Waals surface area contributed by atoms with Gasteiger partial charge in [-0.15, -0.1) is 0 Å². The number of anilines is 3. The average Bonchev–Trinajstić information content (AvgIpc) is 2.79. The fraction of sp³-hybridized carbons (Fsp3) is 0.524. The first-order valence-electron chi connectivity index (χ1n) is 9.61. The topological polar surface area (TPSA) is 75.9 Å². The molecule has 2 heterocycles. The molecule has 4 rings (SSSR count). The number of rotatable bonds is 2. The lowest BCUT2D eigenvalue weighted by Gasteiger charge is -2.37. The van der Waals surface area contributed by atoms with Crippen LogP contribution < -0.4 is 16.4 Å². The van der Waals surface area contributed by atoms with E-state index in [4.69, 9.17) is 5.73 Å². The third-order valence-corrected chi connectivity index (χ3v) is 6.12.